The standard InChI is InChI=1S/C15H22N2O/c1-11-9-13(10-12(2)15(11)18-5)14(17(3)4)7-6-8-16/h9-10,14H,6-7H2,1-5H3. The molecule has 1 aromatic carbocycles. The van der Waals surface area contributed by atoms with E-state index in [9.17, 15) is 0 Å². The number of hydrogen-bond donors (Lipinski definition) is 0. The second kappa shape index (κ2) is 6.42. The summed E-state index contributed by atoms with van der Waals surface area (Å²) in [6.45, 7) is 4.12. The topological polar surface area (TPSA) is 36.3 Å². The maximum atomic E-state index is 8.75. The van der Waals surface area contributed by atoms with Crippen LogP contribution >= 0.6 is 0 Å². The smallest absolute Gasteiger partial charge is 0.124 e. The van der Waals surface area contributed by atoms with Gasteiger partial charge in [-0.3, -0.25) is 0 Å². The minimum absolute atomic E-state index is 0.285. The van der Waals surface area contributed by atoms with Crippen LogP contribution in [0.15, 0.2) is 12.1 Å². The Kier molecular flexibility index (Phi) is 5.18. The van der Waals surface area contributed by atoms with Crippen LogP contribution in [0.4, 0.5) is 0 Å². The summed E-state index contributed by atoms with van der Waals surface area (Å²) in [4.78, 5) is 2.16. The van der Waals surface area contributed by atoms with E-state index in [0.29, 0.717) is 6.42 Å². The molecule has 0 radical (unpaired) electrons. The highest BCUT2D eigenvalue weighted by atomic mass is 16.5. The van der Waals surface area contributed by atoms with Crippen molar-refractivity contribution >= 4 is 0 Å². The molecule has 0 saturated heterocycles. The SMILES string of the molecule is COc1c(C)cc(C(CCC#N)N(C)C)cc1C. The van der Waals surface area contributed by atoms with Crippen LogP contribution in [0.3, 0.4) is 0 Å². The number of hydrogen-bond acceptors (Lipinski definition) is 3. The van der Waals surface area contributed by atoms with Gasteiger partial charge in [-0.15, -0.1) is 0 Å². The Balaban J connectivity index is 3.10. The van der Waals surface area contributed by atoms with Gasteiger partial charge in [0, 0.05) is 12.5 Å². The molecular formula is C15H22N2O. The summed E-state index contributed by atoms with van der Waals surface area (Å²) in [6.07, 6.45) is 1.43. The molecule has 0 heterocycles. The molecule has 0 saturated carbocycles. The van der Waals surface area contributed by atoms with Crippen molar-refractivity contribution in [3.8, 4) is 11.8 Å². The van der Waals surface area contributed by atoms with Crippen LogP contribution in [-0.2, 0) is 0 Å². The number of aryl methyl sites for hydroxylation is 2. The molecule has 0 spiro atoms. The van der Waals surface area contributed by atoms with Crippen molar-refractivity contribution < 1.29 is 4.74 Å². The molecule has 18 heavy (non-hydrogen) atoms. The van der Waals surface area contributed by atoms with Gasteiger partial charge in [-0.1, -0.05) is 12.1 Å². The van der Waals surface area contributed by atoms with Gasteiger partial charge >= 0.3 is 0 Å². The van der Waals surface area contributed by atoms with Crippen molar-refractivity contribution in [1.82, 2.24) is 4.90 Å². The fraction of sp³-hybridized carbons (Fsp3) is 0.533. The van der Waals surface area contributed by atoms with Crippen LogP contribution in [0.25, 0.3) is 0 Å². The van der Waals surface area contributed by atoms with E-state index in [1.165, 1.54) is 5.56 Å². The monoisotopic (exact) mass is 246 g/mol. The zero-order valence-corrected chi connectivity index (χ0v) is 11.9. The number of benzene rings is 1. The number of nitriles is 1. The Hall–Kier alpha value is -1.53. The Labute approximate surface area is 110 Å². The maximum Gasteiger partial charge on any atom is 0.124 e. The van der Waals surface area contributed by atoms with Crippen LogP contribution in [0.2, 0.25) is 0 Å². The Morgan fingerprint density at radius 3 is 2.22 bits per heavy atom. The Morgan fingerprint density at radius 2 is 1.83 bits per heavy atom. The van der Waals surface area contributed by atoms with Gasteiger partial charge in [-0.25, -0.2) is 0 Å². The highest BCUT2D eigenvalue weighted by Gasteiger charge is 2.16. The summed E-state index contributed by atoms with van der Waals surface area (Å²) < 4.78 is 5.39. The summed E-state index contributed by atoms with van der Waals surface area (Å²) in [5.74, 6) is 0.955. The maximum absolute atomic E-state index is 8.75. The molecule has 98 valence electrons. The van der Waals surface area contributed by atoms with E-state index in [1.54, 1.807) is 7.11 Å². The van der Waals surface area contributed by atoms with Crippen LogP contribution in [0.5, 0.6) is 5.75 Å². The lowest BCUT2D eigenvalue weighted by Crippen LogP contribution is -2.20. The van der Waals surface area contributed by atoms with Gasteiger partial charge in [0.2, 0.25) is 0 Å². The summed E-state index contributed by atoms with van der Waals surface area (Å²) in [5.41, 5.74) is 3.55. The highest BCUT2D eigenvalue weighted by molar-refractivity contribution is 5.44. The van der Waals surface area contributed by atoms with E-state index in [0.717, 1.165) is 23.3 Å². The summed E-state index contributed by atoms with van der Waals surface area (Å²) in [6, 6.07) is 6.83. The predicted molar refractivity (Wildman–Crippen MR) is 73.7 cm³/mol. The normalized spacial score (nSPS) is 12.3. The van der Waals surface area contributed by atoms with Gasteiger partial charge in [0.05, 0.1) is 13.2 Å². The molecule has 0 amide bonds. The molecule has 1 rings (SSSR count). The third kappa shape index (κ3) is 3.24. The molecule has 0 aliphatic heterocycles. The van der Waals surface area contributed by atoms with Crippen molar-refractivity contribution in [3.05, 3.63) is 28.8 Å². The van der Waals surface area contributed by atoms with Gasteiger partial charge < -0.3 is 9.64 Å². The van der Waals surface area contributed by atoms with Crippen LogP contribution in [-0.4, -0.2) is 26.1 Å². The number of ether oxygens (including phenoxy) is 1. The minimum Gasteiger partial charge on any atom is -0.496 e. The van der Waals surface area contributed by atoms with E-state index in [2.05, 4.69) is 51.0 Å². The zero-order chi connectivity index (χ0) is 13.7. The third-order valence-corrected chi connectivity index (χ3v) is 3.22. The lowest BCUT2D eigenvalue weighted by Gasteiger charge is -2.25. The first-order valence-corrected chi connectivity index (χ1v) is 6.19. The molecule has 0 aliphatic rings. The summed E-state index contributed by atoms with van der Waals surface area (Å²) >= 11 is 0. The van der Waals surface area contributed by atoms with Gasteiger partial charge in [0.1, 0.15) is 5.75 Å². The van der Waals surface area contributed by atoms with Crippen molar-refractivity contribution in [3.63, 3.8) is 0 Å². The van der Waals surface area contributed by atoms with Gasteiger partial charge in [-0.05, 0) is 51.1 Å². The minimum atomic E-state index is 0.285. The van der Waals surface area contributed by atoms with Gasteiger partial charge in [0.25, 0.3) is 0 Å². The second-order valence-corrected chi connectivity index (χ2v) is 4.86. The van der Waals surface area contributed by atoms with E-state index in [-0.39, 0.29) is 6.04 Å². The summed E-state index contributed by atoms with van der Waals surface area (Å²) in [5, 5.41) is 8.75. The second-order valence-electron chi connectivity index (χ2n) is 4.86. The lowest BCUT2D eigenvalue weighted by atomic mass is 9.96. The first-order valence-electron chi connectivity index (χ1n) is 6.19. The Morgan fingerprint density at radius 1 is 1.28 bits per heavy atom. The predicted octanol–water partition coefficient (Wildman–Crippen LogP) is 3.22. The summed E-state index contributed by atoms with van der Waals surface area (Å²) in [7, 11) is 5.81. The van der Waals surface area contributed by atoms with Crippen molar-refractivity contribution in [2.24, 2.45) is 0 Å². The van der Waals surface area contributed by atoms with Crippen molar-refractivity contribution in [1.29, 1.82) is 5.26 Å². The Bertz CT molecular complexity index is 423. The largest absolute Gasteiger partial charge is 0.496 e. The molecule has 0 N–H and O–H groups in total. The molecule has 1 atom stereocenters. The van der Waals surface area contributed by atoms with E-state index >= 15 is 0 Å². The number of methoxy groups -OCH3 is 1. The number of nitrogens with zero attached hydrogens (tertiary/aromatic N) is 2. The molecule has 0 aliphatic carbocycles. The fourth-order valence-electron chi connectivity index (χ4n) is 2.42. The van der Waals surface area contributed by atoms with Crippen LogP contribution in [0, 0.1) is 25.2 Å². The van der Waals surface area contributed by atoms with Crippen molar-refractivity contribution in [2.75, 3.05) is 21.2 Å². The molecule has 3 heteroatoms. The molecule has 0 aromatic heterocycles. The average Bonchev–Trinajstić information content (AvgIpc) is 2.28. The van der Waals surface area contributed by atoms with Crippen LogP contribution in [0.1, 0.15) is 35.6 Å². The molecule has 0 fully saturated rings. The van der Waals surface area contributed by atoms with Gasteiger partial charge in [0.15, 0.2) is 0 Å². The first kappa shape index (κ1) is 14.5. The molecular weight excluding hydrogens is 224 g/mol. The third-order valence-electron chi connectivity index (χ3n) is 3.22. The highest BCUT2D eigenvalue weighted by Crippen LogP contribution is 2.30. The number of rotatable bonds is 5. The van der Waals surface area contributed by atoms with E-state index < -0.39 is 0 Å². The molecule has 0 bridgehead atoms. The van der Waals surface area contributed by atoms with Crippen LogP contribution < -0.4 is 4.74 Å². The molecule has 3 nitrogen and oxygen atoms in total. The van der Waals surface area contributed by atoms with E-state index in [1.807, 2.05) is 0 Å². The molecule has 1 unspecified atom stereocenters. The molecule has 1 aromatic rings. The lowest BCUT2D eigenvalue weighted by molar-refractivity contribution is 0.285. The first-order chi connectivity index (χ1) is 8.51. The quantitative estimate of drug-likeness (QED) is 0.800. The van der Waals surface area contributed by atoms with Crippen molar-refractivity contribution in [2.45, 2.75) is 32.7 Å². The zero-order valence-electron chi connectivity index (χ0n) is 11.9. The van der Waals surface area contributed by atoms with Gasteiger partial charge in [-0.2, -0.15) is 5.26 Å². The average molecular weight is 246 g/mol. The van der Waals surface area contributed by atoms with E-state index in [4.69, 9.17) is 10.00 Å². The fourth-order valence-corrected chi connectivity index (χ4v) is 2.42.